The Morgan fingerprint density at radius 1 is 1.12 bits per heavy atom. The molecule has 2 N–H and O–H groups in total. The lowest BCUT2D eigenvalue weighted by molar-refractivity contribution is 0.261. The maximum Gasteiger partial charge on any atom is 0.191 e. The molecule has 0 amide bonds. The number of likely N-dealkylation sites (N-methyl/N-ethyl adjacent to an activating group) is 1. The van der Waals surface area contributed by atoms with Crippen LogP contribution in [0.3, 0.4) is 0 Å². The minimum atomic E-state index is 0.603. The molecule has 7 nitrogen and oxygen atoms in total. The maximum absolute atomic E-state index is 5.84. The summed E-state index contributed by atoms with van der Waals surface area (Å²) in [6.45, 7) is 8.91. The van der Waals surface area contributed by atoms with Gasteiger partial charge in [0.15, 0.2) is 5.96 Å². The van der Waals surface area contributed by atoms with Gasteiger partial charge in [-0.3, -0.25) is 0 Å². The summed E-state index contributed by atoms with van der Waals surface area (Å²) >= 11 is 0. The zero-order chi connectivity index (χ0) is 22.8. The van der Waals surface area contributed by atoms with E-state index < -0.39 is 0 Å². The van der Waals surface area contributed by atoms with Crippen LogP contribution in [0.4, 0.5) is 0 Å². The van der Waals surface area contributed by atoms with Gasteiger partial charge < -0.3 is 24.8 Å². The zero-order valence-corrected chi connectivity index (χ0v) is 19.8. The highest BCUT2D eigenvalue weighted by Gasteiger charge is 2.06. The predicted molar refractivity (Wildman–Crippen MR) is 132 cm³/mol. The van der Waals surface area contributed by atoms with Crippen LogP contribution in [0.5, 0.6) is 5.75 Å². The topological polar surface area (TPSA) is 66.7 Å². The Kier molecular flexibility index (Phi) is 8.92. The number of hydrogen-bond donors (Lipinski definition) is 2. The van der Waals surface area contributed by atoms with Crippen LogP contribution in [0, 0.1) is 6.92 Å². The molecule has 0 fully saturated rings. The SMILES string of the molecule is CCNC(=NCc1cccc(OCCN(C)C)c1)NCCCn1c(C)nc2ccccc21. The van der Waals surface area contributed by atoms with Gasteiger partial charge in [0, 0.05) is 26.2 Å². The molecule has 0 bridgehead atoms. The van der Waals surface area contributed by atoms with Gasteiger partial charge in [-0.2, -0.15) is 0 Å². The molecule has 0 aliphatic heterocycles. The van der Waals surface area contributed by atoms with Crippen molar-refractivity contribution in [1.82, 2.24) is 25.1 Å². The van der Waals surface area contributed by atoms with Gasteiger partial charge in [-0.1, -0.05) is 24.3 Å². The second-order valence-corrected chi connectivity index (χ2v) is 8.07. The summed E-state index contributed by atoms with van der Waals surface area (Å²) < 4.78 is 8.12. The van der Waals surface area contributed by atoms with Crippen LogP contribution >= 0.6 is 0 Å². The Morgan fingerprint density at radius 2 is 1.97 bits per heavy atom. The third-order valence-electron chi connectivity index (χ3n) is 5.17. The monoisotopic (exact) mass is 436 g/mol. The molecule has 7 heteroatoms. The number of guanidine groups is 1. The normalized spacial score (nSPS) is 11.8. The molecule has 0 saturated heterocycles. The van der Waals surface area contributed by atoms with Crippen molar-refractivity contribution in [2.45, 2.75) is 33.4 Å². The quantitative estimate of drug-likeness (QED) is 0.274. The summed E-state index contributed by atoms with van der Waals surface area (Å²) in [7, 11) is 4.09. The van der Waals surface area contributed by atoms with Crippen molar-refractivity contribution in [2.24, 2.45) is 4.99 Å². The number of nitrogens with zero attached hydrogens (tertiary/aromatic N) is 4. The molecule has 0 atom stereocenters. The number of aryl methyl sites for hydroxylation is 2. The number of aliphatic imine (C=N–C) groups is 1. The molecule has 1 heterocycles. The fourth-order valence-corrected chi connectivity index (χ4v) is 3.51. The Balaban J connectivity index is 1.51. The lowest BCUT2D eigenvalue weighted by atomic mass is 10.2. The van der Waals surface area contributed by atoms with E-state index in [-0.39, 0.29) is 0 Å². The molecular weight excluding hydrogens is 400 g/mol. The number of rotatable bonds is 11. The predicted octanol–water partition coefficient (Wildman–Crippen LogP) is 3.43. The molecule has 3 aromatic rings. The Morgan fingerprint density at radius 3 is 2.78 bits per heavy atom. The van der Waals surface area contributed by atoms with Gasteiger partial charge in [0.05, 0.1) is 17.6 Å². The van der Waals surface area contributed by atoms with Crippen molar-refractivity contribution in [1.29, 1.82) is 0 Å². The molecule has 0 radical (unpaired) electrons. The maximum atomic E-state index is 5.84. The first kappa shape index (κ1) is 23.6. The van der Waals surface area contributed by atoms with E-state index >= 15 is 0 Å². The number of imidazole rings is 1. The first-order valence-corrected chi connectivity index (χ1v) is 11.4. The van der Waals surface area contributed by atoms with Crippen molar-refractivity contribution in [3.8, 4) is 5.75 Å². The smallest absolute Gasteiger partial charge is 0.191 e. The van der Waals surface area contributed by atoms with Crippen LogP contribution < -0.4 is 15.4 Å². The highest BCUT2D eigenvalue weighted by molar-refractivity contribution is 5.79. The van der Waals surface area contributed by atoms with Crippen LogP contribution in [0.25, 0.3) is 11.0 Å². The van der Waals surface area contributed by atoms with Crippen molar-refractivity contribution < 1.29 is 4.74 Å². The van der Waals surface area contributed by atoms with Gasteiger partial charge in [0.1, 0.15) is 18.2 Å². The highest BCUT2D eigenvalue weighted by atomic mass is 16.5. The van der Waals surface area contributed by atoms with E-state index in [4.69, 9.17) is 9.73 Å². The van der Waals surface area contributed by atoms with Gasteiger partial charge >= 0.3 is 0 Å². The van der Waals surface area contributed by atoms with Crippen LogP contribution in [0.1, 0.15) is 24.7 Å². The van der Waals surface area contributed by atoms with Crippen LogP contribution in [-0.2, 0) is 13.1 Å². The standard InChI is InChI=1S/C25H36N6O/c1-5-26-25(28-19-21-10-8-11-22(18-21)32-17-16-30(3)4)27-14-9-15-31-20(2)29-23-12-6-7-13-24(23)31/h6-8,10-13,18H,5,9,14-17,19H2,1-4H3,(H2,26,27,28). The Bertz CT molecular complexity index is 1010. The molecule has 0 saturated carbocycles. The Labute approximate surface area is 191 Å². The first-order valence-electron chi connectivity index (χ1n) is 11.4. The number of nitrogens with one attached hydrogen (secondary N) is 2. The van der Waals surface area contributed by atoms with Crippen molar-refractivity contribution in [3.63, 3.8) is 0 Å². The number of fused-ring (bicyclic) bond motifs is 1. The second kappa shape index (κ2) is 12.1. The van der Waals surface area contributed by atoms with E-state index in [1.54, 1.807) is 0 Å². The number of hydrogen-bond acceptors (Lipinski definition) is 4. The third kappa shape index (κ3) is 6.99. The summed E-state index contributed by atoms with van der Waals surface area (Å²) in [5, 5.41) is 6.78. The molecule has 0 spiro atoms. The van der Waals surface area contributed by atoms with Crippen LogP contribution in [0.2, 0.25) is 0 Å². The molecule has 3 rings (SSSR count). The van der Waals surface area contributed by atoms with Gasteiger partial charge in [0.25, 0.3) is 0 Å². The number of aromatic nitrogens is 2. The summed E-state index contributed by atoms with van der Waals surface area (Å²) in [6.07, 6.45) is 0.987. The first-order chi connectivity index (χ1) is 15.6. The molecule has 0 unspecified atom stereocenters. The van der Waals surface area contributed by atoms with E-state index in [0.29, 0.717) is 13.2 Å². The van der Waals surface area contributed by atoms with Gasteiger partial charge in [-0.05, 0) is 64.2 Å². The molecular formula is C25H36N6O. The fraction of sp³-hybridized carbons (Fsp3) is 0.440. The average Bonchev–Trinajstić information content (AvgIpc) is 3.10. The van der Waals surface area contributed by atoms with E-state index in [1.165, 1.54) is 5.52 Å². The number of ether oxygens (including phenoxy) is 1. The van der Waals surface area contributed by atoms with Crippen molar-refractivity contribution in [3.05, 3.63) is 59.9 Å². The third-order valence-corrected chi connectivity index (χ3v) is 5.17. The van der Waals surface area contributed by atoms with Crippen molar-refractivity contribution >= 4 is 17.0 Å². The van der Waals surface area contributed by atoms with Crippen molar-refractivity contribution in [2.75, 3.05) is 40.3 Å². The van der Waals surface area contributed by atoms with Crippen LogP contribution in [0.15, 0.2) is 53.5 Å². The zero-order valence-electron chi connectivity index (χ0n) is 19.8. The lowest BCUT2D eigenvalue weighted by Crippen LogP contribution is -2.38. The molecule has 2 aromatic carbocycles. The summed E-state index contributed by atoms with van der Waals surface area (Å²) in [6, 6.07) is 16.5. The largest absolute Gasteiger partial charge is 0.492 e. The molecule has 1 aromatic heterocycles. The number of benzene rings is 2. The molecule has 0 aliphatic rings. The summed E-state index contributed by atoms with van der Waals surface area (Å²) in [5.41, 5.74) is 3.38. The van der Waals surface area contributed by atoms with Gasteiger partial charge in [-0.15, -0.1) is 0 Å². The summed E-state index contributed by atoms with van der Waals surface area (Å²) in [4.78, 5) is 11.5. The average molecular weight is 437 g/mol. The van der Waals surface area contributed by atoms with Gasteiger partial charge in [-0.25, -0.2) is 9.98 Å². The minimum absolute atomic E-state index is 0.603. The van der Waals surface area contributed by atoms with E-state index in [9.17, 15) is 0 Å². The van der Waals surface area contributed by atoms with Gasteiger partial charge in [0.2, 0.25) is 0 Å². The van der Waals surface area contributed by atoms with E-state index in [2.05, 4.69) is 69.3 Å². The number of para-hydroxylation sites is 2. The van der Waals surface area contributed by atoms with E-state index in [0.717, 1.165) is 61.2 Å². The molecule has 32 heavy (non-hydrogen) atoms. The lowest BCUT2D eigenvalue weighted by Gasteiger charge is -2.13. The molecule has 172 valence electrons. The fourth-order valence-electron chi connectivity index (χ4n) is 3.51. The molecule has 0 aliphatic carbocycles. The van der Waals surface area contributed by atoms with E-state index in [1.807, 2.05) is 32.3 Å². The summed E-state index contributed by atoms with van der Waals surface area (Å²) in [5.74, 6) is 2.78. The van der Waals surface area contributed by atoms with Crippen LogP contribution in [-0.4, -0.2) is 60.7 Å². The minimum Gasteiger partial charge on any atom is -0.492 e. The highest BCUT2D eigenvalue weighted by Crippen LogP contribution is 2.16. The second-order valence-electron chi connectivity index (χ2n) is 8.07. The Hall–Kier alpha value is -3.06.